The highest BCUT2D eigenvalue weighted by molar-refractivity contribution is 5.93. The molecule has 8 nitrogen and oxygen atoms in total. The zero-order valence-corrected chi connectivity index (χ0v) is 12.4. The number of aromatic amines is 1. The van der Waals surface area contributed by atoms with Crippen LogP contribution in [0.1, 0.15) is 21.7 Å². The van der Waals surface area contributed by atoms with Crippen molar-refractivity contribution in [2.45, 2.75) is 13.5 Å². The number of para-hydroxylation sites is 1. The number of carbonyl (C=O) groups excluding carboxylic acids is 1. The zero-order chi connectivity index (χ0) is 16.2. The van der Waals surface area contributed by atoms with E-state index in [2.05, 4.69) is 25.4 Å². The maximum absolute atomic E-state index is 12.1. The van der Waals surface area contributed by atoms with Gasteiger partial charge in [-0.2, -0.15) is 5.10 Å². The van der Waals surface area contributed by atoms with E-state index in [0.717, 1.165) is 11.3 Å². The quantitative estimate of drug-likeness (QED) is 0.733. The van der Waals surface area contributed by atoms with E-state index in [1.54, 1.807) is 17.9 Å². The van der Waals surface area contributed by atoms with E-state index in [1.807, 2.05) is 24.3 Å². The van der Waals surface area contributed by atoms with Crippen LogP contribution in [0.25, 0.3) is 5.69 Å². The lowest BCUT2D eigenvalue weighted by molar-refractivity contribution is 0.0949. The van der Waals surface area contributed by atoms with Gasteiger partial charge in [0.1, 0.15) is 24.0 Å². The first kappa shape index (κ1) is 14.6. The van der Waals surface area contributed by atoms with Crippen LogP contribution >= 0.6 is 0 Å². The summed E-state index contributed by atoms with van der Waals surface area (Å²) in [5.41, 5.74) is 1.18. The lowest BCUT2D eigenvalue weighted by Crippen LogP contribution is -2.30. The normalized spacial score (nSPS) is 10.5. The molecule has 2 N–H and O–H groups in total. The molecule has 2 aromatic heterocycles. The van der Waals surface area contributed by atoms with Gasteiger partial charge < -0.3 is 10.3 Å². The standard InChI is InChI=1S/C15H14N6O2/c1-10-17-7-12(15(23)20-10)14(22)18-6-11-4-2-3-5-13(11)21-9-16-8-19-21/h2-5,7-9H,6H2,1H3,(H,18,22)(H,17,20,23). The fourth-order valence-corrected chi connectivity index (χ4v) is 2.13. The summed E-state index contributed by atoms with van der Waals surface area (Å²) in [4.78, 5) is 34.3. The van der Waals surface area contributed by atoms with Crippen molar-refractivity contribution in [1.82, 2.24) is 30.0 Å². The fourth-order valence-electron chi connectivity index (χ4n) is 2.13. The molecule has 116 valence electrons. The number of carbonyl (C=O) groups is 1. The molecule has 0 spiro atoms. The van der Waals surface area contributed by atoms with Crippen LogP contribution in [-0.4, -0.2) is 30.6 Å². The second-order valence-corrected chi connectivity index (χ2v) is 4.86. The Balaban J connectivity index is 1.79. The van der Waals surface area contributed by atoms with E-state index < -0.39 is 11.5 Å². The second-order valence-electron chi connectivity index (χ2n) is 4.86. The fraction of sp³-hybridized carbons (Fsp3) is 0.133. The SMILES string of the molecule is Cc1ncc(C(=O)NCc2ccccc2-n2cncn2)c(=O)[nH]1. The van der Waals surface area contributed by atoms with E-state index in [1.165, 1.54) is 12.5 Å². The molecule has 3 aromatic rings. The van der Waals surface area contributed by atoms with Crippen molar-refractivity contribution in [2.75, 3.05) is 0 Å². The lowest BCUT2D eigenvalue weighted by atomic mass is 10.1. The Kier molecular flexibility index (Phi) is 3.96. The van der Waals surface area contributed by atoms with Crippen LogP contribution in [0.15, 0.2) is 47.9 Å². The van der Waals surface area contributed by atoms with Gasteiger partial charge in [-0.25, -0.2) is 14.6 Å². The van der Waals surface area contributed by atoms with Crippen LogP contribution in [0.3, 0.4) is 0 Å². The molecule has 2 heterocycles. The van der Waals surface area contributed by atoms with E-state index in [9.17, 15) is 9.59 Å². The average molecular weight is 310 g/mol. The van der Waals surface area contributed by atoms with Gasteiger partial charge in [0, 0.05) is 12.7 Å². The molecule has 1 amide bonds. The highest BCUT2D eigenvalue weighted by Crippen LogP contribution is 2.12. The molecule has 0 aliphatic carbocycles. The number of nitrogens with one attached hydrogen (secondary N) is 2. The molecular weight excluding hydrogens is 296 g/mol. The summed E-state index contributed by atoms with van der Waals surface area (Å²) in [7, 11) is 0. The maximum atomic E-state index is 12.1. The Morgan fingerprint density at radius 2 is 2.17 bits per heavy atom. The van der Waals surface area contributed by atoms with Crippen molar-refractivity contribution >= 4 is 5.91 Å². The van der Waals surface area contributed by atoms with Gasteiger partial charge in [0.2, 0.25) is 0 Å². The number of rotatable bonds is 4. The number of aromatic nitrogens is 5. The number of hydrogen-bond donors (Lipinski definition) is 2. The van der Waals surface area contributed by atoms with Crippen molar-refractivity contribution in [1.29, 1.82) is 0 Å². The molecule has 0 saturated carbocycles. The lowest BCUT2D eigenvalue weighted by Gasteiger charge is -2.10. The summed E-state index contributed by atoms with van der Waals surface area (Å²) in [5.74, 6) is -0.0183. The van der Waals surface area contributed by atoms with Crippen LogP contribution in [0.2, 0.25) is 0 Å². The molecular formula is C15H14N6O2. The molecule has 0 radical (unpaired) electrons. The number of H-pyrrole nitrogens is 1. The first-order valence-electron chi connectivity index (χ1n) is 6.92. The minimum atomic E-state index is -0.479. The topological polar surface area (TPSA) is 106 Å². The molecule has 8 heteroatoms. The Bertz CT molecular complexity index is 885. The third kappa shape index (κ3) is 3.15. The van der Waals surface area contributed by atoms with Crippen LogP contribution < -0.4 is 10.9 Å². The zero-order valence-electron chi connectivity index (χ0n) is 12.4. The van der Waals surface area contributed by atoms with Gasteiger partial charge in [-0.1, -0.05) is 18.2 Å². The van der Waals surface area contributed by atoms with Crippen LogP contribution in [0, 0.1) is 6.92 Å². The molecule has 0 aliphatic rings. The van der Waals surface area contributed by atoms with Gasteiger partial charge in [-0.3, -0.25) is 9.59 Å². The molecule has 3 rings (SSSR count). The Labute approximate surface area is 131 Å². The highest BCUT2D eigenvalue weighted by Gasteiger charge is 2.12. The van der Waals surface area contributed by atoms with Gasteiger partial charge in [-0.15, -0.1) is 0 Å². The summed E-state index contributed by atoms with van der Waals surface area (Å²) in [5, 5.41) is 6.80. The maximum Gasteiger partial charge on any atom is 0.263 e. The summed E-state index contributed by atoms with van der Waals surface area (Å²) in [6.07, 6.45) is 4.29. The number of hydrogen-bond acceptors (Lipinski definition) is 5. The number of nitrogens with zero attached hydrogens (tertiary/aromatic N) is 4. The number of aryl methyl sites for hydroxylation is 1. The molecule has 0 bridgehead atoms. The van der Waals surface area contributed by atoms with Crippen LogP contribution in [-0.2, 0) is 6.54 Å². The van der Waals surface area contributed by atoms with Gasteiger partial charge in [0.25, 0.3) is 11.5 Å². The molecule has 0 fully saturated rings. The Morgan fingerprint density at radius 3 is 2.91 bits per heavy atom. The average Bonchev–Trinajstić information content (AvgIpc) is 3.07. The summed E-state index contributed by atoms with van der Waals surface area (Å²) >= 11 is 0. The van der Waals surface area contributed by atoms with Gasteiger partial charge >= 0.3 is 0 Å². The van der Waals surface area contributed by atoms with E-state index >= 15 is 0 Å². The van der Waals surface area contributed by atoms with Crippen LogP contribution in [0.4, 0.5) is 0 Å². The number of benzene rings is 1. The first-order valence-corrected chi connectivity index (χ1v) is 6.92. The summed E-state index contributed by atoms with van der Waals surface area (Å²) in [6.45, 7) is 1.90. The summed E-state index contributed by atoms with van der Waals surface area (Å²) < 4.78 is 1.61. The van der Waals surface area contributed by atoms with Crippen LogP contribution in [0.5, 0.6) is 0 Å². The Morgan fingerprint density at radius 1 is 1.35 bits per heavy atom. The molecule has 0 atom stereocenters. The van der Waals surface area contributed by atoms with Crippen molar-refractivity contribution < 1.29 is 4.79 Å². The van der Waals surface area contributed by atoms with Gasteiger partial charge in [-0.05, 0) is 18.6 Å². The van der Waals surface area contributed by atoms with Crippen molar-refractivity contribution in [3.63, 3.8) is 0 Å². The first-order chi connectivity index (χ1) is 11.1. The van der Waals surface area contributed by atoms with Gasteiger partial charge in [0.15, 0.2) is 0 Å². The highest BCUT2D eigenvalue weighted by atomic mass is 16.2. The Hall–Kier alpha value is -3.29. The van der Waals surface area contributed by atoms with Gasteiger partial charge in [0.05, 0.1) is 5.69 Å². The minimum Gasteiger partial charge on any atom is -0.348 e. The van der Waals surface area contributed by atoms with E-state index in [-0.39, 0.29) is 12.1 Å². The molecule has 1 aromatic carbocycles. The van der Waals surface area contributed by atoms with Crippen molar-refractivity contribution in [3.05, 3.63) is 70.4 Å². The molecule has 0 aliphatic heterocycles. The predicted octanol–water partition coefficient (Wildman–Crippen LogP) is 0.589. The van der Waals surface area contributed by atoms with E-state index in [0.29, 0.717) is 5.82 Å². The predicted molar refractivity (Wildman–Crippen MR) is 82.1 cm³/mol. The molecule has 0 saturated heterocycles. The summed E-state index contributed by atoms with van der Waals surface area (Å²) in [6, 6.07) is 7.48. The third-order valence-corrected chi connectivity index (χ3v) is 3.27. The number of amides is 1. The largest absolute Gasteiger partial charge is 0.348 e. The minimum absolute atomic E-state index is 0.0196. The molecule has 0 unspecified atom stereocenters. The smallest absolute Gasteiger partial charge is 0.263 e. The molecule has 23 heavy (non-hydrogen) atoms. The van der Waals surface area contributed by atoms with E-state index in [4.69, 9.17) is 0 Å². The van der Waals surface area contributed by atoms with Crippen molar-refractivity contribution in [2.24, 2.45) is 0 Å². The second kappa shape index (κ2) is 6.22. The third-order valence-electron chi connectivity index (χ3n) is 3.27. The van der Waals surface area contributed by atoms with Crippen molar-refractivity contribution in [3.8, 4) is 5.69 Å². The monoisotopic (exact) mass is 310 g/mol.